The number of non-ortho nitro benzene ring substituents is 1. The summed E-state index contributed by atoms with van der Waals surface area (Å²) in [5.41, 5.74) is 3.14. The molecule has 4 rings (SSSR count). The van der Waals surface area contributed by atoms with Gasteiger partial charge in [0.1, 0.15) is 0 Å². The minimum absolute atomic E-state index is 0.0826. The van der Waals surface area contributed by atoms with E-state index in [0.29, 0.717) is 26.2 Å². The second-order valence-electron chi connectivity index (χ2n) is 7.34. The molecule has 0 atom stereocenters. The van der Waals surface area contributed by atoms with Gasteiger partial charge in [-0.3, -0.25) is 14.9 Å². The maximum atomic E-state index is 12.8. The van der Waals surface area contributed by atoms with E-state index >= 15 is 0 Å². The highest BCUT2D eigenvalue weighted by Gasteiger charge is 2.25. The Labute approximate surface area is 184 Å². The molecular formula is C22H20ClN5O3. The average molecular weight is 438 g/mol. The van der Waals surface area contributed by atoms with Crippen LogP contribution in [-0.2, 0) is 0 Å². The van der Waals surface area contributed by atoms with Gasteiger partial charge in [0, 0.05) is 43.9 Å². The molecule has 1 aliphatic heterocycles. The van der Waals surface area contributed by atoms with E-state index < -0.39 is 4.92 Å². The van der Waals surface area contributed by atoms with Crippen LogP contribution in [0.1, 0.15) is 15.9 Å². The summed E-state index contributed by atoms with van der Waals surface area (Å²) < 4.78 is 0. The highest BCUT2D eigenvalue weighted by atomic mass is 35.5. The van der Waals surface area contributed by atoms with Crippen LogP contribution in [-0.4, -0.2) is 52.1 Å². The molecule has 1 amide bonds. The summed E-state index contributed by atoms with van der Waals surface area (Å²) in [6.45, 7) is 4.24. The lowest BCUT2D eigenvalue weighted by Gasteiger charge is -2.35. The topological polar surface area (TPSA) is 92.5 Å². The molecule has 0 spiro atoms. The third-order valence-corrected chi connectivity index (χ3v) is 5.60. The number of carbonyl (C=O) groups excluding carboxylic acids is 1. The van der Waals surface area contributed by atoms with Gasteiger partial charge in [0.2, 0.25) is 0 Å². The van der Waals surface area contributed by atoms with Crippen LogP contribution in [0, 0.1) is 17.0 Å². The number of amides is 1. The number of benzene rings is 2. The predicted molar refractivity (Wildman–Crippen MR) is 118 cm³/mol. The average Bonchev–Trinajstić information content (AvgIpc) is 2.79. The van der Waals surface area contributed by atoms with Gasteiger partial charge in [-0.05, 0) is 25.1 Å². The fraction of sp³-hybridized carbons (Fsp3) is 0.227. The molecule has 0 saturated carbocycles. The first-order chi connectivity index (χ1) is 14.9. The Balaban J connectivity index is 1.40. The number of aromatic nitrogens is 2. The molecule has 3 aromatic rings. The summed E-state index contributed by atoms with van der Waals surface area (Å²) in [7, 11) is 0. The van der Waals surface area contributed by atoms with E-state index in [1.54, 1.807) is 4.90 Å². The highest BCUT2D eigenvalue weighted by Crippen LogP contribution is 2.25. The molecule has 2 heterocycles. The van der Waals surface area contributed by atoms with E-state index in [1.165, 1.54) is 23.8 Å². The highest BCUT2D eigenvalue weighted by molar-refractivity contribution is 6.34. The van der Waals surface area contributed by atoms with Crippen molar-refractivity contribution >= 4 is 29.0 Å². The third kappa shape index (κ3) is 4.49. The van der Waals surface area contributed by atoms with Gasteiger partial charge in [0.25, 0.3) is 11.6 Å². The summed E-state index contributed by atoms with van der Waals surface area (Å²) in [4.78, 5) is 26.9. The van der Waals surface area contributed by atoms with Gasteiger partial charge in [-0.1, -0.05) is 41.4 Å². The van der Waals surface area contributed by atoms with Crippen molar-refractivity contribution in [1.82, 2.24) is 15.1 Å². The lowest BCUT2D eigenvalue weighted by atomic mass is 10.1. The molecule has 9 heteroatoms. The number of nitrogens with zero attached hydrogens (tertiary/aromatic N) is 5. The summed E-state index contributed by atoms with van der Waals surface area (Å²) in [5.74, 6) is 0.525. The van der Waals surface area contributed by atoms with E-state index in [0.717, 1.165) is 17.1 Å². The first kappa shape index (κ1) is 20.7. The van der Waals surface area contributed by atoms with E-state index in [-0.39, 0.29) is 22.2 Å². The van der Waals surface area contributed by atoms with Gasteiger partial charge in [0.05, 0.1) is 21.2 Å². The summed E-state index contributed by atoms with van der Waals surface area (Å²) in [5, 5.41) is 19.6. The van der Waals surface area contributed by atoms with Crippen LogP contribution in [0.5, 0.6) is 0 Å². The maximum absolute atomic E-state index is 12.8. The molecule has 0 aliphatic carbocycles. The van der Waals surface area contributed by atoms with Gasteiger partial charge < -0.3 is 9.80 Å². The number of hydrogen-bond acceptors (Lipinski definition) is 6. The van der Waals surface area contributed by atoms with Crippen molar-refractivity contribution in [2.24, 2.45) is 0 Å². The third-order valence-electron chi connectivity index (χ3n) is 5.28. The first-order valence-electron chi connectivity index (χ1n) is 9.81. The van der Waals surface area contributed by atoms with Crippen molar-refractivity contribution in [1.29, 1.82) is 0 Å². The minimum Gasteiger partial charge on any atom is -0.352 e. The zero-order valence-electron chi connectivity index (χ0n) is 16.9. The summed E-state index contributed by atoms with van der Waals surface area (Å²) >= 11 is 6.11. The second-order valence-corrected chi connectivity index (χ2v) is 7.75. The maximum Gasteiger partial charge on any atom is 0.270 e. The SMILES string of the molecule is Cc1ccc(-c2ccc(N3CCN(C(=O)c4ccc([N+](=O)[O-])cc4Cl)CC3)nn2)cc1. The van der Waals surface area contributed by atoms with Crippen LogP contribution in [0.3, 0.4) is 0 Å². The smallest absolute Gasteiger partial charge is 0.270 e. The molecule has 158 valence electrons. The normalized spacial score (nSPS) is 13.9. The van der Waals surface area contributed by atoms with Gasteiger partial charge in [-0.15, -0.1) is 10.2 Å². The van der Waals surface area contributed by atoms with Crippen LogP contribution in [0.25, 0.3) is 11.3 Å². The van der Waals surface area contributed by atoms with Crippen LogP contribution < -0.4 is 4.90 Å². The van der Waals surface area contributed by atoms with Crippen LogP contribution in [0.15, 0.2) is 54.6 Å². The number of nitro groups is 1. The van der Waals surface area contributed by atoms with Crippen LogP contribution in [0.2, 0.25) is 5.02 Å². The van der Waals surface area contributed by atoms with Crippen molar-refractivity contribution in [2.75, 3.05) is 31.1 Å². The Morgan fingerprint density at radius 3 is 2.29 bits per heavy atom. The number of aryl methyl sites for hydroxylation is 1. The molecule has 8 nitrogen and oxygen atoms in total. The van der Waals surface area contributed by atoms with Crippen molar-refractivity contribution in [3.05, 3.63) is 80.9 Å². The molecule has 0 bridgehead atoms. The predicted octanol–water partition coefficient (Wildman–Crippen LogP) is 3.98. The van der Waals surface area contributed by atoms with Crippen molar-refractivity contribution in [2.45, 2.75) is 6.92 Å². The summed E-state index contributed by atoms with van der Waals surface area (Å²) in [6.07, 6.45) is 0. The Kier molecular flexibility index (Phi) is 5.81. The number of hydrogen-bond donors (Lipinski definition) is 0. The fourth-order valence-corrected chi connectivity index (χ4v) is 3.73. The van der Waals surface area contributed by atoms with Crippen molar-refractivity contribution in [3.8, 4) is 11.3 Å². The largest absolute Gasteiger partial charge is 0.352 e. The number of carbonyl (C=O) groups is 1. The molecule has 1 saturated heterocycles. The molecule has 1 aromatic heterocycles. The molecular weight excluding hydrogens is 418 g/mol. The quantitative estimate of drug-likeness (QED) is 0.453. The first-order valence-corrected chi connectivity index (χ1v) is 10.2. The molecule has 1 aliphatic rings. The standard InChI is InChI=1S/C22H20ClN5O3/c1-15-2-4-16(5-3-15)20-8-9-21(25-24-20)26-10-12-27(13-11-26)22(29)18-7-6-17(28(30)31)14-19(18)23/h2-9,14H,10-13H2,1H3. The number of rotatable bonds is 4. The molecule has 0 unspecified atom stereocenters. The van der Waals surface area contributed by atoms with Crippen molar-refractivity contribution in [3.63, 3.8) is 0 Å². The molecule has 0 N–H and O–H groups in total. The zero-order valence-corrected chi connectivity index (χ0v) is 17.6. The zero-order chi connectivity index (χ0) is 22.0. The van der Waals surface area contributed by atoms with E-state index in [1.807, 2.05) is 43.3 Å². The molecule has 31 heavy (non-hydrogen) atoms. The van der Waals surface area contributed by atoms with Crippen LogP contribution in [0.4, 0.5) is 11.5 Å². The number of halogens is 1. The number of nitro benzene ring substituents is 1. The summed E-state index contributed by atoms with van der Waals surface area (Å²) in [6, 6.07) is 15.9. The Hall–Kier alpha value is -3.52. The molecule has 1 fully saturated rings. The van der Waals surface area contributed by atoms with Crippen LogP contribution >= 0.6 is 11.6 Å². The minimum atomic E-state index is -0.538. The van der Waals surface area contributed by atoms with Gasteiger partial charge >= 0.3 is 0 Å². The lowest BCUT2D eigenvalue weighted by Crippen LogP contribution is -2.49. The Morgan fingerprint density at radius 2 is 1.71 bits per heavy atom. The number of piperazine rings is 1. The van der Waals surface area contributed by atoms with Gasteiger partial charge in [0.15, 0.2) is 5.82 Å². The Morgan fingerprint density at radius 1 is 1.00 bits per heavy atom. The van der Waals surface area contributed by atoms with E-state index in [4.69, 9.17) is 11.6 Å². The van der Waals surface area contributed by atoms with Gasteiger partial charge in [-0.2, -0.15) is 0 Å². The monoisotopic (exact) mass is 437 g/mol. The lowest BCUT2D eigenvalue weighted by molar-refractivity contribution is -0.384. The van der Waals surface area contributed by atoms with Gasteiger partial charge in [-0.25, -0.2) is 0 Å². The van der Waals surface area contributed by atoms with E-state index in [2.05, 4.69) is 15.1 Å². The Bertz CT molecular complexity index is 1110. The van der Waals surface area contributed by atoms with E-state index in [9.17, 15) is 14.9 Å². The number of anilines is 1. The fourth-order valence-electron chi connectivity index (χ4n) is 3.47. The molecule has 2 aromatic carbocycles. The molecule has 0 radical (unpaired) electrons. The van der Waals surface area contributed by atoms with Crippen molar-refractivity contribution < 1.29 is 9.72 Å². The second kappa shape index (κ2) is 8.69.